The first-order chi connectivity index (χ1) is 5.90. The van der Waals surface area contributed by atoms with Crippen molar-refractivity contribution in [2.45, 2.75) is 6.61 Å². The number of hydrogen-bond donors (Lipinski definition) is 1. The summed E-state index contributed by atoms with van der Waals surface area (Å²) >= 11 is 0. The van der Waals surface area contributed by atoms with Gasteiger partial charge in [0.2, 0.25) is 0 Å². The van der Waals surface area contributed by atoms with Gasteiger partial charge in [0.1, 0.15) is 11.0 Å². The maximum absolute atomic E-state index is 4.92. The Hall–Kier alpha value is -1.17. The van der Waals surface area contributed by atoms with E-state index in [-0.39, 0.29) is 12.4 Å². The molecule has 0 fully saturated rings. The zero-order chi connectivity index (χ0) is 8.39. The van der Waals surface area contributed by atoms with Crippen molar-refractivity contribution in [2.75, 3.05) is 0 Å². The van der Waals surface area contributed by atoms with Gasteiger partial charge in [-0.3, -0.25) is 4.84 Å². The summed E-state index contributed by atoms with van der Waals surface area (Å²) in [6, 6.07) is 5.48. The highest BCUT2D eigenvalue weighted by atomic mass is 35.5. The minimum Gasteiger partial charge on any atom is -0.300 e. The predicted molar refractivity (Wildman–Crippen MR) is 48.0 cm³/mol. The number of halogens is 1. The molecule has 2 rings (SSSR count). The summed E-state index contributed by atoms with van der Waals surface area (Å²) in [6.07, 6.45) is 0. The first kappa shape index (κ1) is 9.91. The van der Waals surface area contributed by atoms with E-state index in [4.69, 9.17) is 5.90 Å². The van der Waals surface area contributed by atoms with Crippen LogP contribution in [0.2, 0.25) is 0 Å². The molecule has 0 radical (unpaired) electrons. The Kier molecular flexibility index (Phi) is 3.18. The second kappa shape index (κ2) is 4.18. The van der Waals surface area contributed by atoms with Crippen molar-refractivity contribution in [3.05, 3.63) is 23.8 Å². The maximum Gasteiger partial charge on any atom is 0.135 e. The highest BCUT2D eigenvalue weighted by molar-refractivity contribution is 5.85. The zero-order valence-electron chi connectivity index (χ0n) is 6.64. The van der Waals surface area contributed by atoms with Crippen LogP contribution >= 0.6 is 12.4 Å². The first-order valence-electron chi connectivity index (χ1n) is 3.43. The lowest BCUT2D eigenvalue weighted by atomic mass is 10.2. The van der Waals surface area contributed by atoms with E-state index >= 15 is 0 Å². The normalized spacial score (nSPS) is 9.92. The fourth-order valence-corrected chi connectivity index (χ4v) is 1.01. The van der Waals surface area contributed by atoms with E-state index in [1.54, 1.807) is 6.07 Å². The summed E-state index contributed by atoms with van der Waals surface area (Å²) < 4.78 is 4.53. The molecular weight excluding hydrogens is 194 g/mol. The van der Waals surface area contributed by atoms with Crippen molar-refractivity contribution in [1.82, 2.24) is 10.3 Å². The van der Waals surface area contributed by atoms with Crippen molar-refractivity contribution < 1.29 is 9.47 Å². The van der Waals surface area contributed by atoms with Gasteiger partial charge >= 0.3 is 0 Å². The second-order valence-electron chi connectivity index (χ2n) is 2.40. The van der Waals surface area contributed by atoms with Gasteiger partial charge in [0.15, 0.2) is 0 Å². The summed E-state index contributed by atoms with van der Waals surface area (Å²) in [5, 5.41) is 7.34. The topological polar surface area (TPSA) is 74.2 Å². The molecule has 13 heavy (non-hydrogen) atoms. The third-order valence-electron chi connectivity index (χ3n) is 1.57. The molecule has 0 atom stereocenters. The van der Waals surface area contributed by atoms with Crippen molar-refractivity contribution in [3.8, 4) is 0 Å². The Balaban J connectivity index is 0.000000845. The van der Waals surface area contributed by atoms with E-state index < -0.39 is 0 Å². The molecule has 2 aromatic rings. The Labute approximate surface area is 80.2 Å². The molecule has 0 saturated carbocycles. The van der Waals surface area contributed by atoms with Gasteiger partial charge in [-0.2, -0.15) is 0 Å². The molecule has 0 aliphatic rings. The first-order valence-corrected chi connectivity index (χ1v) is 3.43. The molecule has 0 aliphatic carbocycles. The molecule has 1 aromatic carbocycles. The number of nitrogens with zero attached hydrogens (tertiary/aromatic N) is 2. The van der Waals surface area contributed by atoms with E-state index in [9.17, 15) is 0 Å². The van der Waals surface area contributed by atoms with Crippen molar-refractivity contribution >= 4 is 23.4 Å². The molecular formula is C7H8ClN3O2. The van der Waals surface area contributed by atoms with Crippen LogP contribution in [0.25, 0.3) is 11.0 Å². The Morgan fingerprint density at radius 1 is 1.31 bits per heavy atom. The molecule has 0 saturated heterocycles. The van der Waals surface area contributed by atoms with Crippen molar-refractivity contribution in [2.24, 2.45) is 5.90 Å². The average Bonchev–Trinajstić information content (AvgIpc) is 2.51. The maximum atomic E-state index is 4.92. The van der Waals surface area contributed by atoms with Crippen LogP contribution in [0.4, 0.5) is 0 Å². The molecule has 0 bridgehead atoms. The quantitative estimate of drug-likeness (QED) is 0.735. The average molecular weight is 202 g/mol. The molecule has 0 amide bonds. The van der Waals surface area contributed by atoms with Gasteiger partial charge in [0.25, 0.3) is 0 Å². The number of hydrogen-bond acceptors (Lipinski definition) is 5. The number of benzene rings is 1. The number of rotatable bonds is 2. The van der Waals surface area contributed by atoms with Gasteiger partial charge in [0, 0.05) is 0 Å². The number of nitrogens with two attached hydrogens (primary N) is 1. The fourth-order valence-electron chi connectivity index (χ4n) is 1.01. The summed E-state index contributed by atoms with van der Waals surface area (Å²) in [5.41, 5.74) is 2.39. The smallest absolute Gasteiger partial charge is 0.135 e. The van der Waals surface area contributed by atoms with Gasteiger partial charge in [-0.1, -0.05) is 6.07 Å². The van der Waals surface area contributed by atoms with Gasteiger partial charge in [-0.05, 0) is 28.0 Å². The van der Waals surface area contributed by atoms with Gasteiger partial charge < -0.3 is 0 Å². The fraction of sp³-hybridized carbons (Fsp3) is 0.143. The van der Waals surface area contributed by atoms with Crippen LogP contribution in [0.15, 0.2) is 22.8 Å². The Bertz CT molecular complexity index is 390. The summed E-state index contributed by atoms with van der Waals surface area (Å²) in [6.45, 7) is 0.364. The van der Waals surface area contributed by atoms with E-state index in [0.717, 1.165) is 11.1 Å². The van der Waals surface area contributed by atoms with Gasteiger partial charge in [-0.25, -0.2) is 10.5 Å². The zero-order valence-corrected chi connectivity index (χ0v) is 7.45. The predicted octanol–water partition coefficient (Wildman–Crippen LogP) is 1.03. The van der Waals surface area contributed by atoms with Gasteiger partial charge in [-0.15, -0.1) is 12.4 Å². The minimum absolute atomic E-state index is 0. The highest BCUT2D eigenvalue weighted by Crippen LogP contribution is 2.11. The standard InChI is InChI=1S/C7H7N3O2.ClH/c8-11-4-5-1-2-6-7(3-5)10-12-9-6;/h1-3H,4,8H2;1H. The second-order valence-corrected chi connectivity index (χ2v) is 2.40. The number of fused-ring (bicyclic) bond motifs is 1. The monoisotopic (exact) mass is 201 g/mol. The molecule has 1 heterocycles. The van der Waals surface area contributed by atoms with E-state index in [1.807, 2.05) is 12.1 Å². The molecule has 1 aromatic heterocycles. The largest absolute Gasteiger partial charge is 0.300 e. The van der Waals surface area contributed by atoms with E-state index in [0.29, 0.717) is 12.1 Å². The minimum atomic E-state index is 0. The van der Waals surface area contributed by atoms with Crippen molar-refractivity contribution in [3.63, 3.8) is 0 Å². The van der Waals surface area contributed by atoms with Crippen LogP contribution in [-0.2, 0) is 11.4 Å². The van der Waals surface area contributed by atoms with E-state index in [1.165, 1.54) is 0 Å². The lowest BCUT2D eigenvalue weighted by molar-refractivity contribution is 0.124. The molecule has 70 valence electrons. The Morgan fingerprint density at radius 2 is 2.08 bits per heavy atom. The lowest BCUT2D eigenvalue weighted by Gasteiger charge is -1.95. The summed E-state index contributed by atoms with van der Waals surface area (Å²) in [7, 11) is 0. The van der Waals surface area contributed by atoms with Crippen LogP contribution < -0.4 is 5.90 Å². The van der Waals surface area contributed by atoms with Crippen molar-refractivity contribution in [1.29, 1.82) is 0 Å². The SMILES string of the molecule is Cl.NOCc1ccc2nonc2c1. The van der Waals surface area contributed by atoms with Crippen LogP contribution in [-0.4, -0.2) is 10.3 Å². The van der Waals surface area contributed by atoms with Crippen LogP contribution in [0.1, 0.15) is 5.56 Å². The molecule has 5 nitrogen and oxygen atoms in total. The van der Waals surface area contributed by atoms with Crippen LogP contribution in [0, 0.1) is 0 Å². The highest BCUT2D eigenvalue weighted by Gasteiger charge is 2.00. The van der Waals surface area contributed by atoms with Crippen LogP contribution in [0.5, 0.6) is 0 Å². The van der Waals surface area contributed by atoms with Gasteiger partial charge in [0.05, 0.1) is 6.61 Å². The van der Waals surface area contributed by atoms with Crippen LogP contribution in [0.3, 0.4) is 0 Å². The summed E-state index contributed by atoms with van der Waals surface area (Å²) in [5.74, 6) is 4.92. The summed E-state index contributed by atoms with van der Waals surface area (Å²) in [4.78, 5) is 4.47. The number of aromatic nitrogens is 2. The molecule has 2 N–H and O–H groups in total. The molecule has 0 spiro atoms. The lowest BCUT2D eigenvalue weighted by Crippen LogP contribution is -1.98. The third-order valence-corrected chi connectivity index (χ3v) is 1.57. The molecule has 6 heteroatoms. The molecule has 0 aliphatic heterocycles. The molecule has 0 unspecified atom stereocenters. The van der Waals surface area contributed by atoms with E-state index in [2.05, 4.69) is 19.8 Å². The third kappa shape index (κ3) is 1.95. The Morgan fingerprint density at radius 3 is 2.85 bits per heavy atom.